The minimum Gasteiger partial charge on any atom is -0.383 e. The van der Waals surface area contributed by atoms with Gasteiger partial charge in [-0.25, -0.2) is 0 Å². The minimum absolute atomic E-state index is 0.442. The molecule has 0 aromatic heterocycles. The van der Waals surface area contributed by atoms with E-state index >= 15 is 0 Å². The fraction of sp³-hybridized carbons (Fsp3) is 1.00. The molecular formula is C13H30N2O. The molecule has 2 atom stereocenters. The topological polar surface area (TPSA) is 24.5 Å². The summed E-state index contributed by atoms with van der Waals surface area (Å²) in [5, 5.41) is 3.72. The maximum absolute atomic E-state index is 5.27. The third-order valence-corrected chi connectivity index (χ3v) is 2.95. The Bertz CT molecular complexity index is 169. The summed E-state index contributed by atoms with van der Waals surface area (Å²) < 4.78 is 5.27. The zero-order valence-electron chi connectivity index (χ0n) is 12.1. The summed E-state index contributed by atoms with van der Waals surface area (Å²) in [5.74, 6) is 1.24. The Labute approximate surface area is 102 Å². The number of likely N-dealkylation sites (N-methyl/N-ethyl adjacent to an activating group) is 1. The summed E-state index contributed by atoms with van der Waals surface area (Å²) in [5.41, 5.74) is 0. The number of methoxy groups -OCH3 is 1. The van der Waals surface area contributed by atoms with E-state index in [-0.39, 0.29) is 0 Å². The van der Waals surface area contributed by atoms with Gasteiger partial charge in [-0.15, -0.1) is 0 Å². The zero-order valence-corrected chi connectivity index (χ0v) is 12.1. The molecule has 0 aromatic carbocycles. The molecule has 0 aliphatic rings. The highest BCUT2D eigenvalue weighted by molar-refractivity contribution is 4.80. The lowest BCUT2D eigenvalue weighted by atomic mass is 9.99. The van der Waals surface area contributed by atoms with Crippen molar-refractivity contribution in [1.29, 1.82) is 0 Å². The Hall–Kier alpha value is -0.120. The van der Waals surface area contributed by atoms with Gasteiger partial charge in [0, 0.05) is 25.7 Å². The predicted molar refractivity (Wildman–Crippen MR) is 70.8 cm³/mol. The molecule has 0 saturated heterocycles. The number of ether oxygens (including phenoxy) is 1. The average Bonchev–Trinajstić information content (AvgIpc) is 2.14. The third kappa shape index (κ3) is 6.46. The molecule has 2 unspecified atom stereocenters. The van der Waals surface area contributed by atoms with Crippen molar-refractivity contribution >= 4 is 0 Å². The first-order chi connectivity index (χ1) is 7.38. The van der Waals surface area contributed by atoms with E-state index in [4.69, 9.17) is 4.74 Å². The lowest BCUT2D eigenvalue weighted by molar-refractivity contribution is 0.129. The minimum atomic E-state index is 0.442. The van der Waals surface area contributed by atoms with Crippen LogP contribution in [0.3, 0.4) is 0 Å². The van der Waals surface area contributed by atoms with Gasteiger partial charge in [0.15, 0.2) is 0 Å². The van der Waals surface area contributed by atoms with Crippen LogP contribution < -0.4 is 5.32 Å². The molecule has 0 amide bonds. The van der Waals surface area contributed by atoms with Gasteiger partial charge in [0.2, 0.25) is 0 Å². The molecule has 0 aliphatic heterocycles. The molecule has 0 fully saturated rings. The van der Waals surface area contributed by atoms with Gasteiger partial charge in [0.05, 0.1) is 6.61 Å². The Balaban J connectivity index is 4.32. The van der Waals surface area contributed by atoms with Gasteiger partial charge >= 0.3 is 0 Å². The van der Waals surface area contributed by atoms with Crippen LogP contribution in [-0.4, -0.2) is 51.3 Å². The van der Waals surface area contributed by atoms with Gasteiger partial charge in [0.25, 0.3) is 0 Å². The van der Waals surface area contributed by atoms with Crippen molar-refractivity contribution in [3.63, 3.8) is 0 Å². The van der Waals surface area contributed by atoms with Crippen LogP contribution in [0.25, 0.3) is 0 Å². The molecule has 0 bridgehead atoms. The molecule has 3 heteroatoms. The summed E-state index contributed by atoms with van der Waals surface area (Å²) in [4.78, 5) is 2.24. The number of hydrogen-bond donors (Lipinski definition) is 1. The van der Waals surface area contributed by atoms with E-state index in [1.54, 1.807) is 7.11 Å². The fourth-order valence-corrected chi connectivity index (χ4v) is 1.74. The summed E-state index contributed by atoms with van der Waals surface area (Å²) in [6, 6.07) is 0.968. The van der Waals surface area contributed by atoms with Crippen molar-refractivity contribution in [2.24, 2.45) is 11.8 Å². The third-order valence-electron chi connectivity index (χ3n) is 2.95. The Morgan fingerprint density at radius 1 is 1.00 bits per heavy atom. The van der Waals surface area contributed by atoms with E-state index < -0.39 is 0 Å². The van der Waals surface area contributed by atoms with Gasteiger partial charge in [-0.2, -0.15) is 0 Å². The predicted octanol–water partition coefficient (Wildman–Crippen LogP) is 1.83. The fourth-order valence-electron chi connectivity index (χ4n) is 1.74. The molecular weight excluding hydrogens is 200 g/mol. The second-order valence-corrected chi connectivity index (χ2v) is 5.59. The summed E-state index contributed by atoms with van der Waals surface area (Å²) in [7, 11) is 6.02. The van der Waals surface area contributed by atoms with Crippen LogP contribution in [0.4, 0.5) is 0 Å². The Morgan fingerprint density at radius 2 is 1.50 bits per heavy atom. The second kappa shape index (κ2) is 8.04. The normalized spacial score (nSPS) is 16.1. The van der Waals surface area contributed by atoms with Gasteiger partial charge in [-0.3, -0.25) is 0 Å². The number of hydrogen-bond acceptors (Lipinski definition) is 3. The monoisotopic (exact) mass is 230 g/mol. The highest BCUT2D eigenvalue weighted by atomic mass is 16.5. The molecule has 0 spiro atoms. The van der Waals surface area contributed by atoms with Gasteiger partial charge in [0.1, 0.15) is 0 Å². The van der Waals surface area contributed by atoms with Crippen LogP contribution in [0.2, 0.25) is 0 Å². The van der Waals surface area contributed by atoms with E-state index in [9.17, 15) is 0 Å². The molecule has 0 aliphatic carbocycles. The lowest BCUT2D eigenvalue weighted by Crippen LogP contribution is -2.50. The van der Waals surface area contributed by atoms with E-state index in [2.05, 4.69) is 52.0 Å². The molecule has 0 radical (unpaired) electrons. The van der Waals surface area contributed by atoms with E-state index in [1.807, 2.05) is 0 Å². The molecule has 1 N–H and O–H groups in total. The molecule has 98 valence electrons. The van der Waals surface area contributed by atoms with Crippen molar-refractivity contribution in [3.8, 4) is 0 Å². The first-order valence-corrected chi connectivity index (χ1v) is 6.28. The van der Waals surface area contributed by atoms with Crippen LogP contribution >= 0.6 is 0 Å². The van der Waals surface area contributed by atoms with E-state index in [0.29, 0.717) is 23.9 Å². The largest absolute Gasteiger partial charge is 0.383 e. The second-order valence-electron chi connectivity index (χ2n) is 5.59. The van der Waals surface area contributed by atoms with Crippen molar-refractivity contribution in [1.82, 2.24) is 10.2 Å². The highest BCUT2D eigenvalue weighted by Crippen LogP contribution is 2.09. The summed E-state index contributed by atoms with van der Waals surface area (Å²) >= 11 is 0. The molecule has 0 heterocycles. The van der Waals surface area contributed by atoms with Crippen LogP contribution in [0.5, 0.6) is 0 Å². The summed E-state index contributed by atoms with van der Waals surface area (Å²) in [6.45, 7) is 10.9. The molecule has 0 aromatic rings. The summed E-state index contributed by atoms with van der Waals surface area (Å²) in [6.07, 6.45) is 0. The first-order valence-electron chi connectivity index (χ1n) is 6.28. The molecule has 3 nitrogen and oxygen atoms in total. The van der Waals surface area contributed by atoms with Crippen molar-refractivity contribution in [3.05, 3.63) is 0 Å². The van der Waals surface area contributed by atoms with Gasteiger partial charge in [-0.05, 0) is 25.9 Å². The van der Waals surface area contributed by atoms with Crippen molar-refractivity contribution < 1.29 is 4.74 Å². The average molecular weight is 230 g/mol. The molecule has 16 heavy (non-hydrogen) atoms. The Kier molecular flexibility index (Phi) is 7.98. The van der Waals surface area contributed by atoms with Crippen molar-refractivity contribution in [2.75, 3.05) is 34.4 Å². The van der Waals surface area contributed by atoms with Crippen LogP contribution in [0.1, 0.15) is 27.7 Å². The standard InChI is InChI=1S/C13H30N2O/c1-10(2)12(8-15(5)6)14-13(9-16-7)11(3)4/h10-14H,8-9H2,1-7H3. The maximum atomic E-state index is 5.27. The number of rotatable bonds is 8. The zero-order chi connectivity index (χ0) is 12.7. The SMILES string of the molecule is COCC(NC(CN(C)C)C(C)C)C(C)C. The molecule has 0 saturated carbocycles. The quantitative estimate of drug-likeness (QED) is 0.688. The van der Waals surface area contributed by atoms with Crippen LogP contribution in [-0.2, 0) is 4.74 Å². The van der Waals surface area contributed by atoms with Crippen LogP contribution in [0.15, 0.2) is 0 Å². The van der Waals surface area contributed by atoms with Gasteiger partial charge in [-0.1, -0.05) is 27.7 Å². The van der Waals surface area contributed by atoms with Crippen LogP contribution in [0, 0.1) is 11.8 Å². The number of nitrogens with one attached hydrogen (secondary N) is 1. The van der Waals surface area contributed by atoms with Crippen molar-refractivity contribution in [2.45, 2.75) is 39.8 Å². The van der Waals surface area contributed by atoms with E-state index in [0.717, 1.165) is 13.2 Å². The first kappa shape index (κ1) is 15.9. The highest BCUT2D eigenvalue weighted by Gasteiger charge is 2.20. The smallest absolute Gasteiger partial charge is 0.0618 e. The van der Waals surface area contributed by atoms with E-state index in [1.165, 1.54) is 0 Å². The number of nitrogens with zero attached hydrogens (tertiary/aromatic N) is 1. The Morgan fingerprint density at radius 3 is 1.81 bits per heavy atom. The maximum Gasteiger partial charge on any atom is 0.0618 e. The van der Waals surface area contributed by atoms with Gasteiger partial charge < -0.3 is 15.0 Å². The molecule has 0 rings (SSSR count). The lowest BCUT2D eigenvalue weighted by Gasteiger charge is -2.32.